The molecule has 0 saturated heterocycles. The molecule has 0 spiro atoms. The number of aromatic carboxylic acids is 1. The van der Waals surface area contributed by atoms with Crippen LogP contribution in [0.5, 0.6) is 0 Å². The summed E-state index contributed by atoms with van der Waals surface area (Å²) in [5, 5.41) is 15.6. The van der Waals surface area contributed by atoms with Gasteiger partial charge in [0.2, 0.25) is 0 Å². The van der Waals surface area contributed by atoms with Crippen LogP contribution in [-0.4, -0.2) is 21.3 Å². The summed E-state index contributed by atoms with van der Waals surface area (Å²) in [4.78, 5) is 10.8. The van der Waals surface area contributed by atoms with Gasteiger partial charge in [-0.25, -0.2) is 4.79 Å². The molecule has 3 aliphatic carbocycles. The van der Waals surface area contributed by atoms with Gasteiger partial charge in [0, 0.05) is 17.2 Å². The van der Waals surface area contributed by atoms with Gasteiger partial charge in [0.15, 0.2) is 5.69 Å². The van der Waals surface area contributed by atoms with Crippen LogP contribution in [0.1, 0.15) is 40.5 Å². The molecule has 0 radical (unpaired) electrons. The first kappa shape index (κ1) is 7.12. The molecular formula is C9H10N2O2. The number of aromatic nitrogens is 2. The van der Waals surface area contributed by atoms with Crippen LogP contribution in [0.4, 0.5) is 0 Å². The molecule has 4 rings (SSSR count). The molecule has 1 heterocycles. The number of rotatable bonds is 1. The Kier molecular flexibility index (Phi) is 1.17. The van der Waals surface area contributed by atoms with Crippen molar-refractivity contribution in [3.63, 3.8) is 0 Å². The average Bonchev–Trinajstić information content (AvgIpc) is 2.44. The Bertz CT molecular complexity index is 377. The molecule has 3 aliphatic rings. The zero-order valence-electron chi connectivity index (χ0n) is 7.08. The van der Waals surface area contributed by atoms with Crippen molar-refractivity contribution in [1.29, 1.82) is 0 Å². The minimum Gasteiger partial charge on any atom is -0.476 e. The number of hydrogen-bond donors (Lipinski definition) is 2. The largest absolute Gasteiger partial charge is 0.476 e. The Balaban J connectivity index is 2.12. The molecular weight excluding hydrogens is 168 g/mol. The fourth-order valence-electron chi connectivity index (χ4n) is 2.53. The zero-order valence-corrected chi connectivity index (χ0v) is 7.08. The van der Waals surface area contributed by atoms with Crippen LogP contribution in [-0.2, 0) is 6.42 Å². The molecule has 1 fully saturated rings. The monoisotopic (exact) mass is 178 g/mol. The molecule has 2 N–H and O–H groups in total. The van der Waals surface area contributed by atoms with Crippen molar-refractivity contribution in [3.8, 4) is 0 Å². The minimum atomic E-state index is -0.904. The van der Waals surface area contributed by atoms with Crippen molar-refractivity contribution in [3.05, 3.63) is 17.0 Å². The summed E-state index contributed by atoms with van der Waals surface area (Å²) in [7, 11) is 0. The van der Waals surface area contributed by atoms with E-state index in [0.717, 1.165) is 17.7 Å². The van der Waals surface area contributed by atoms with E-state index in [1.165, 1.54) is 12.8 Å². The lowest BCUT2D eigenvalue weighted by Gasteiger charge is -2.40. The number of aromatic amines is 1. The predicted octanol–water partition coefficient (Wildman–Crippen LogP) is 1.16. The Morgan fingerprint density at radius 1 is 1.54 bits per heavy atom. The molecule has 0 amide bonds. The normalized spacial score (nSPS) is 29.2. The molecule has 1 aromatic heterocycles. The minimum absolute atomic E-state index is 0.240. The lowest BCUT2D eigenvalue weighted by Crippen LogP contribution is -2.30. The van der Waals surface area contributed by atoms with E-state index in [9.17, 15) is 4.79 Å². The Morgan fingerprint density at radius 3 is 3.00 bits per heavy atom. The van der Waals surface area contributed by atoms with E-state index in [0.29, 0.717) is 11.8 Å². The second-order valence-electron chi connectivity index (χ2n) is 4.01. The Morgan fingerprint density at radius 2 is 2.31 bits per heavy atom. The van der Waals surface area contributed by atoms with Crippen molar-refractivity contribution < 1.29 is 9.90 Å². The van der Waals surface area contributed by atoms with Crippen LogP contribution in [0.15, 0.2) is 0 Å². The van der Waals surface area contributed by atoms with E-state index < -0.39 is 5.97 Å². The van der Waals surface area contributed by atoms with Gasteiger partial charge in [0.05, 0.1) is 0 Å². The molecule has 1 aromatic rings. The third kappa shape index (κ3) is 0.802. The van der Waals surface area contributed by atoms with Gasteiger partial charge >= 0.3 is 5.97 Å². The topological polar surface area (TPSA) is 66.0 Å². The summed E-state index contributed by atoms with van der Waals surface area (Å²) in [5.41, 5.74) is 2.28. The van der Waals surface area contributed by atoms with Crippen molar-refractivity contribution in [2.24, 2.45) is 5.92 Å². The SMILES string of the molecule is O=C(O)c1n[nH]c2c1CC1CC2C1. The van der Waals surface area contributed by atoms with E-state index in [4.69, 9.17) is 5.11 Å². The van der Waals surface area contributed by atoms with Gasteiger partial charge in [-0.3, -0.25) is 5.10 Å². The summed E-state index contributed by atoms with van der Waals surface area (Å²) in [6.07, 6.45) is 3.34. The molecule has 2 bridgehead atoms. The first-order valence-corrected chi connectivity index (χ1v) is 4.56. The van der Waals surface area contributed by atoms with Crippen molar-refractivity contribution >= 4 is 5.97 Å². The van der Waals surface area contributed by atoms with Gasteiger partial charge in [0.1, 0.15) is 0 Å². The highest BCUT2D eigenvalue weighted by molar-refractivity contribution is 5.87. The lowest BCUT2D eigenvalue weighted by molar-refractivity contribution is 0.0688. The smallest absolute Gasteiger partial charge is 0.356 e. The number of nitrogens with one attached hydrogen (secondary N) is 1. The first-order valence-electron chi connectivity index (χ1n) is 4.56. The van der Waals surface area contributed by atoms with Gasteiger partial charge in [0.25, 0.3) is 0 Å². The predicted molar refractivity (Wildman–Crippen MR) is 44.7 cm³/mol. The second-order valence-corrected chi connectivity index (χ2v) is 4.01. The van der Waals surface area contributed by atoms with Gasteiger partial charge in [-0.1, -0.05) is 0 Å². The highest BCUT2D eigenvalue weighted by atomic mass is 16.4. The highest BCUT2D eigenvalue weighted by Gasteiger charge is 2.40. The summed E-state index contributed by atoms with van der Waals surface area (Å²) in [5.74, 6) is 0.376. The molecule has 0 aromatic carbocycles. The van der Waals surface area contributed by atoms with Crippen LogP contribution in [0.3, 0.4) is 0 Å². The quantitative estimate of drug-likeness (QED) is 0.678. The first-order chi connectivity index (χ1) is 6.25. The fourth-order valence-corrected chi connectivity index (χ4v) is 2.53. The summed E-state index contributed by atoms with van der Waals surface area (Å²) >= 11 is 0. The van der Waals surface area contributed by atoms with Crippen LogP contribution in [0, 0.1) is 5.92 Å². The third-order valence-corrected chi connectivity index (χ3v) is 3.24. The van der Waals surface area contributed by atoms with Crippen LogP contribution < -0.4 is 0 Å². The number of nitrogens with zero attached hydrogens (tertiary/aromatic N) is 1. The molecule has 0 aliphatic heterocycles. The van der Waals surface area contributed by atoms with Crippen molar-refractivity contribution in [2.75, 3.05) is 0 Å². The summed E-state index contributed by atoms with van der Waals surface area (Å²) < 4.78 is 0. The number of H-pyrrole nitrogens is 1. The number of carbonyl (C=O) groups is 1. The zero-order chi connectivity index (χ0) is 9.00. The molecule has 1 saturated carbocycles. The van der Waals surface area contributed by atoms with Crippen molar-refractivity contribution in [1.82, 2.24) is 10.2 Å². The maximum atomic E-state index is 10.8. The lowest BCUT2D eigenvalue weighted by atomic mass is 9.64. The highest BCUT2D eigenvalue weighted by Crippen LogP contribution is 2.49. The standard InChI is InChI=1S/C9H10N2O2/c12-9(13)8-6-3-4-1-5(2-4)7(6)10-11-8/h4-5H,1-3H2,(H,10,11)(H,12,13). The summed E-state index contributed by atoms with van der Waals surface area (Å²) in [6.45, 7) is 0. The molecule has 13 heavy (non-hydrogen) atoms. The number of hydrogen-bond acceptors (Lipinski definition) is 2. The number of carboxylic acids is 1. The third-order valence-electron chi connectivity index (χ3n) is 3.24. The molecule has 4 heteroatoms. The van der Waals surface area contributed by atoms with E-state index in [-0.39, 0.29) is 5.69 Å². The van der Waals surface area contributed by atoms with E-state index >= 15 is 0 Å². The molecule has 0 atom stereocenters. The van der Waals surface area contributed by atoms with Gasteiger partial charge in [-0.2, -0.15) is 5.10 Å². The Hall–Kier alpha value is -1.32. The maximum Gasteiger partial charge on any atom is 0.356 e. The van der Waals surface area contributed by atoms with Gasteiger partial charge in [-0.15, -0.1) is 0 Å². The van der Waals surface area contributed by atoms with Crippen LogP contribution in [0.2, 0.25) is 0 Å². The maximum absolute atomic E-state index is 10.8. The van der Waals surface area contributed by atoms with Crippen LogP contribution >= 0.6 is 0 Å². The Labute approximate surface area is 75.0 Å². The number of carboxylic acid groups (broad SMARTS) is 1. The fraction of sp³-hybridized carbons (Fsp3) is 0.556. The molecule has 0 unspecified atom stereocenters. The van der Waals surface area contributed by atoms with Crippen molar-refractivity contribution in [2.45, 2.75) is 25.2 Å². The molecule has 4 nitrogen and oxygen atoms in total. The van der Waals surface area contributed by atoms with Gasteiger partial charge < -0.3 is 5.11 Å². The second kappa shape index (κ2) is 2.13. The van der Waals surface area contributed by atoms with Crippen LogP contribution in [0.25, 0.3) is 0 Å². The van der Waals surface area contributed by atoms with Gasteiger partial charge in [-0.05, 0) is 25.2 Å². The van der Waals surface area contributed by atoms with E-state index in [1.54, 1.807) is 0 Å². The summed E-state index contributed by atoms with van der Waals surface area (Å²) in [6, 6.07) is 0. The average molecular weight is 178 g/mol. The van der Waals surface area contributed by atoms with E-state index in [2.05, 4.69) is 10.2 Å². The molecule has 68 valence electrons. The van der Waals surface area contributed by atoms with E-state index in [1.807, 2.05) is 0 Å².